The van der Waals surface area contributed by atoms with Gasteiger partial charge in [0.1, 0.15) is 11.6 Å². The molecule has 5 nitrogen and oxygen atoms in total. The van der Waals surface area contributed by atoms with Crippen LogP contribution in [-0.4, -0.2) is 9.97 Å². The van der Waals surface area contributed by atoms with Gasteiger partial charge in [-0.15, -0.1) is 0 Å². The van der Waals surface area contributed by atoms with Crippen molar-refractivity contribution in [3.8, 4) is 0 Å². The monoisotopic (exact) mass is 361 g/mol. The highest BCUT2D eigenvalue weighted by molar-refractivity contribution is 9.10. The molecule has 1 aromatic heterocycles. The number of nitrogen functional groups attached to an aromatic ring is 1. The van der Waals surface area contributed by atoms with E-state index in [0.29, 0.717) is 5.69 Å². The molecule has 1 heterocycles. The zero-order valence-electron chi connectivity index (χ0n) is 10.8. The summed E-state index contributed by atoms with van der Waals surface area (Å²) in [5.74, 6) is 3.71. The summed E-state index contributed by atoms with van der Waals surface area (Å²) in [5.41, 5.74) is 3.62. The number of alkyl halides is 3. The fourth-order valence-electron chi connectivity index (χ4n) is 1.67. The number of benzene rings is 1. The van der Waals surface area contributed by atoms with Gasteiger partial charge in [-0.25, -0.2) is 15.8 Å². The molecule has 0 amide bonds. The van der Waals surface area contributed by atoms with Gasteiger partial charge in [-0.3, -0.25) is 0 Å². The van der Waals surface area contributed by atoms with Crippen molar-refractivity contribution < 1.29 is 13.2 Å². The number of hydrogen-bond donors (Lipinski definition) is 3. The van der Waals surface area contributed by atoms with Crippen LogP contribution in [0.1, 0.15) is 11.4 Å². The third kappa shape index (κ3) is 4.05. The number of nitrogens with one attached hydrogen (secondary N) is 2. The molecule has 0 aliphatic rings. The van der Waals surface area contributed by atoms with Crippen LogP contribution in [-0.2, 0) is 6.18 Å². The van der Waals surface area contributed by atoms with Crippen molar-refractivity contribution in [2.24, 2.45) is 5.84 Å². The van der Waals surface area contributed by atoms with Gasteiger partial charge in [-0.2, -0.15) is 13.2 Å². The molecular weight excluding hydrogens is 351 g/mol. The second-order valence-electron chi connectivity index (χ2n) is 4.25. The molecule has 4 N–H and O–H groups in total. The number of nitrogens with two attached hydrogens (primary N) is 1. The summed E-state index contributed by atoms with van der Waals surface area (Å²) >= 11 is 3.32. The number of aromatic nitrogens is 2. The van der Waals surface area contributed by atoms with E-state index in [2.05, 4.69) is 36.6 Å². The first-order valence-electron chi connectivity index (χ1n) is 5.75. The molecule has 2 rings (SSSR count). The van der Waals surface area contributed by atoms with Crippen LogP contribution in [0.2, 0.25) is 0 Å². The summed E-state index contributed by atoms with van der Waals surface area (Å²) in [5, 5.41) is 2.80. The Morgan fingerprint density at radius 1 is 1.10 bits per heavy atom. The Morgan fingerprint density at radius 2 is 1.76 bits per heavy atom. The molecule has 1 aromatic carbocycles. The van der Waals surface area contributed by atoms with E-state index in [0.717, 1.165) is 10.0 Å². The van der Waals surface area contributed by atoms with Crippen molar-refractivity contribution >= 4 is 33.3 Å². The molecule has 0 atom stereocenters. The lowest BCUT2D eigenvalue weighted by Crippen LogP contribution is -2.16. The Labute approximate surface area is 126 Å². The fourth-order valence-corrected chi connectivity index (χ4v) is 2.28. The normalized spacial score (nSPS) is 11.3. The van der Waals surface area contributed by atoms with Gasteiger partial charge in [-0.05, 0) is 30.7 Å². The third-order valence-corrected chi connectivity index (χ3v) is 2.90. The van der Waals surface area contributed by atoms with Gasteiger partial charge in [0.05, 0.1) is 0 Å². The average Bonchev–Trinajstić information content (AvgIpc) is 2.36. The molecule has 0 unspecified atom stereocenters. The first-order chi connectivity index (χ1) is 9.77. The molecule has 112 valence electrons. The Kier molecular flexibility index (Phi) is 4.33. The van der Waals surface area contributed by atoms with E-state index in [-0.39, 0.29) is 11.6 Å². The maximum Gasteiger partial charge on any atom is 0.451 e. The number of hydrogen-bond acceptors (Lipinski definition) is 5. The standard InChI is InChI=1S/C12H11BrF3N5/c1-6-2-7(13)4-8(3-6)18-9-5-10(21-17)20-11(19-9)12(14,15)16/h2-5H,17H2,1H3,(H2,18,19,20,21). The Hall–Kier alpha value is -1.87. The van der Waals surface area contributed by atoms with E-state index in [4.69, 9.17) is 5.84 Å². The average molecular weight is 362 g/mol. The predicted octanol–water partition coefficient (Wildman–Crippen LogP) is 3.60. The van der Waals surface area contributed by atoms with Crippen LogP contribution >= 0.6 is 15.9 Å². The van der Waals surface area contributed by atoms with Gasteiger partial charge in [0, 0.05) is 16.2 Å². The van der Waals surface area contributed by atoms with Crippen molar-refractivity contribution in [1.82, 2.24) is 9.97 Å². The number of anilines is 3. The van der Waals surface area contributed by atoms with Crippen molar-refractivity contribution in [2.75, 3.05) is 10.7 Å². The fraction of sp³-hybridized carbons (Fsp3) is 0.167. The highest BCUT2D eigenvalue weighted by Gasteiger charge is 2.35. The summed E-state index contributed by atoms with van der Waals surface area (Å²) in [6.07, 6.45) is -4.66. The molecule has 2 aromatic rings. The predicted molar refractivity (Wildman–Crippen MR) is 77.0 cm³/mol. The molecule has 0 saturated heterocycles. The Bertz CT molecular complexity index is 640. The smallest absolute Gasteiger partial charge is 0.340 e. The number of nitrogens with zero attached hydrogens (tertiary/aromatic N) is 2. The van der Waals surface area contributed by atoms with E-state index < -0.39 is 12.0 Å². The molecule has 0 saturated carbocycles. The van der Waals surface area contributed by atoms with E-state index >= 15 is 0 Å². The summed E-state index contributed by atoms with van der Waals surface area (Å²) in [4.78, 5) is 6.73. The van der Waals surface area contributed by atoms with E-state index in [1.807, 2.05) is 13.0 Å². The second-order valence-corrected chi connectivity index (χ2v) is 5.16. The van der Waals surface area contributed by atoms with Crippen LogP contribution < -0.4 is 16.6 Å². The zero-order valence-corrected chi connectivity index (χ0v) is 12.4. The lowest BCUT2D eigenvalue weighted by Gasteiger charge is -2.12. The number of rotatable bonds is 3. The SMILES string of the molecule is Cc1cc(Br)cc(Nc2cc(NN)nc(C(F)(F)F)n2)c1. The third-order valence-electron chi connectivity index (χ3n) is 2.44. The summed E-state index contributed by atoms with van der Waals surface area (Å²) < 4.78 is 39.0. The molecule has 0 aliphatic carbocycles. The molecule has 0 spiro atoms. The number of hydrazine groups is 1. The van der Waals surface area contributed by atoms with E-state index in [1.54, 1.807) is 12.1 Å². The zero-order chi connectivity index (χ0) is 15.6. The maximum atomic E-state index is 12.7. The molecular formula is C12H11BrF3N5. The van der Waals surface area contributed by atoms with Crippen molar-refractivity contribution in [2.45, 2.75) is 13.1 Å². The molecule has 0 bridgehead atoms. The van der Waals surface area contributed by atoms with Crippen molar-refractivity contribution in [3.05, 3.63) is 40.1 Å². The minimum atomic E-state index is -4.66. The van der Waals surface area contributed by atoms with Gasteiger partial charge >= 0.3 is 6.18 Å². The van der Waals surface area contributed by atoms with Gasteiger partial charge in [-0.1, -0.05) is 15.9 Å². The minimum absolute atomic E-state index is 0.0113. The van der Waals surface area contributed by atoms with Crippen LogP contribution in [0.25, 0.3) is 0 Å². The summed E-state index contributed by atoms with van der Waals surface area (Å²) in [6, 6.07) is 6.65. The first kappa shape index (κ1) is 15.5. The van der Waals surface area contributed by atoms with Crippen molar-refractivity contribution in [1.29, 1.82) is 0 Å². The lowest BCUT2D eigenvalue weighted by atomic mass is 10.2. The number of halogens is 4. The van der Waals surface area contributed by atoms with Crippen LogP contribution in [0.3, 0.4) is 0 Å². The van der Waals surface area contributed by atoms with Crippen LogP contribution in [0.4, 0.5) is 30.5 Å². The van der Waals surface area contributed by atoms with Crippen LogP contribution in [0, 0.1) is 6.92 Å². The largest absolute Gasteiger partial charge is 0.451 e. The highest BCUT2D eigenvalue weighted by atomic mass is 79.9. The van der Waals surface area contributed by atoms with Gasteiger partial charge in [0.25, 0.3) is 0 Å². The molecule has 0 radical (unpaired) electrons. The molecule has 0 fully saturated rings. The molecule has 9 heteroatoms. The summed E-state index contributed by atoms with van der Waals surface area (Å²) in [6.45, 7) is 1.87. The van der Waals surface area contributed by atoms with E-state index in [1.165, 1.54) is 6.07 Å². The maximum absolute atomic E-state index is 12.7. The first-order valence-corrected chi connectivity index (χ1v) is 6.54. The van der Waals surface area contributed by atoms with Crippen LogP contribution in [0.5, 0.6) is 0 Å². The second kappa shape index (κ2) is 5.86. The van der Waals surface area contributed by atoms with E-state index in [9.17, 15) is 13.2 Å². The Morgan fingerprint density at radius 3 is 2.33 bits per heavy atom. The topological polar surface area (TPSA) is 75.9 Å². The number of aryl methyl sites for hydroxylation is 1. The van der Waals surface area contributed by atoms with Gasteiger partial charge < -0.3 is 10.7 Å². The molecule has 21 heavy (non-hydrogen) atoms. The quantitative estimate of drug-likeness (QED) is 0.575. The minimum Gasteiger partial charge on any atom is -0.340 e. The van der Waals surface area contributed by atoms with Gasteiger partial charge in [0.15, 0.2) is 0 Å². The van der Waals surface area contributed by atoms with Crippen molar-refractivity contribution in [3.63, 3.8) is 0 Å². The molecule has 0 aliphatic heterocycles. The highest BCUT2D eigenvalue weighted by Crippen LogP contribution is 2.29. The lowest BCUT2D eigenvalue weighted by molar-refractivity contribution is -0.144. The Balaban J connectivity index is 2.39. The summed E-state index contributed by atoms with van der Waals surface area (Å²) in [7, 11) is 0. The van der Waals surface area contributed by atoms with Gasteiger partial charge in [0.2, 0.25) is 5.82 Å². The van der Waals surface area contributed by atoms with Crippen LogP contribution in [0.15, 0.2) is 28.7 Å².